The Morgan fingerprint density at radius 1 is 1.38 bits per heavy atom. The van der Waals surface area contributed by atoms with Crippen LogP contribution in [0.15, 0.2) is 34.8 Å². The van der Waals surface area contributed by atoms with E-state index in [1.54, 1.807) is 30.8 Å². The van der Waals surface area contributed by atoms with Crippen molar-refractivity contribution in [2.24, 2.45) is 0 Å². The maximum atomic E-state index is 12.5. The Balaban J connectivity index is 1.69. The highest BCUT2D eigenvalue weighted by molar-refractivity contribution is 8.01. The van der Waals surface area contributed by atoms with Gasteiger partial charge in [-0.3, -0.25) is 14.6 Å². The van der Waals surface area contributed by atoms with Crippen LogP contribution in [-0.2, 0) is 9.53 Å². The molecular formula is C16H16N4O4S2. The summed E-state index contributed by atoms with van der Waals surface area (Å²) in [6.07, 6.45) is 2.58. The molecule has 0 fully saturated rings. The summed E-state index contributed by atoms with van der Waals surface area (Å²) in [5, 5.41) is 7.36. The molecule has 3 rings (SSSR count). The Kier molecular flexibility index (Phi) is 5.43. The Morgan fingerprint density at radius 3 is 2.92 bits per heavy atom. The van der Waals surface area contributed by atoms with E-state index in [1.807, 2.05) is 6.07 Å². The molecule has 10 heteroatoms. The van der Waals surface area contributed by atoms with Crippen LogP contribution in [-0.4, -0.2) is 46.8 Å². The SMILES string of the molecule is CCOC(=O)N(C)C(=O)c1ccsc1NC(=O)C1Nc2cnccc2S1. The van der Waals surface area contributed by atoms with Gasteiger partial charge in [0.2, 0.25) is 0 Å². The third kappa shape index (κ3) is 3.65. The van der Waals surface area contributed by atoms with Gasteiger partial charge in [0.05, 0.1) is 24.1 Å². The Hall–Kier alpha value is -2.59. The summed E-state index contributed by atoms with van der Waals surface area (Å²) < 4.78 is 4.82. The minimum atomic E-state index is -0.739. The number of carbonyl (C=O) groups excluding carboxylic acids is 3. The van der Waals surface area contributed by atoms with Crippen molar-refractivity contribution in [3.63, 3.8) is 0 Å². The number of imide groups is 1. The Bertz CT molecular complexity index is 829. The van der Waals surface area contributed by atoms with Crippen LogP contribution >= 0.6 is 23.1 Å². The molecule has 0 bridgehead atoms. The predicted molar refractivity (Wildman–Crippen MR) is 99.6 cm³/mol. The first-order valence-electron chi connectivity index (χ1n) is 7.71. The molecule has 8 nitrogen and oxygen atoms in total. The second-order valence-electron chi connectivity index (χ2n) is 5.23. The number of hydrogen-bond acceptors (Lipinski definition) is 8. The summed E-state index contributed by atoms with van der Waals surface area (Å²) >= 11 is 2.58. The third-order valence-corrected chi connectivity index (χ3v) is 5.54. The molecule has 0 aromatic carbocycles. The summed E-state index contributed by atoms with van der Waals surface area (Å²) in [5.41, 5.74) is 1.03. The number of amides is 3. The summed E-state index contributed by atoms with van der Waals surface area (Å²) in [7, 11) is 1.33. The molecule has 0 radical (unpaired) electrons. The summed E-state index contributed by atoms with van der Waals surface area (Å²) in [6, 6.07) is 3.39. The molecular weight excluding hydrogens is 376 g/mol. The lowest BCUT2D eigenvalue weighted by Gasteiger charge is -2.16. The van der Waals surface area contributed by atoms with Gasteiger partial charge >= 0.3 is 6.09 Å². The van der Waals surface area contributed by atoms with Crippen LogP contribution in [0.5, 0.6) is 0 Å². The van der Waals surface area contributed by atoms with E-state index in [0.717, 1.165) is 15.5 Å². The molecule has 0 saturated heterocycles. The van der Waals surface area contributed by atoms with Crippen molar-refractivity contribution in [2.75, 3.05) is 24.3 Å². The average molecular weight is 392 g/mol. The lowest BCUT2D eigenvalue weighted by Crippen LogP contribution is -2.34. The van der Waals surface area contributed by atoms with E-state index in [4.69, 9.17) is 4.74 Å². The number of thiophene rings is 1. The van der Waals surface area contributed by atoms with Gasteiger partial charge in [0.25, 0.3) is 11.8 Å². The number of fused-ring (bicyclic) bond motifs is 1. The van der Waals surface area contributed by atoms with E-state index in [1.165, 1.54) is 30.1 Å². The van der Waals surface area contributed by atoms with Crippen LogP contribution in [0.2, 0.25) is 0 Å². The summed E-state index contributed by atoms with van der Waals surface area (Å²) in [4.78, 5) is 42.6. The van der Waals surface area contributed by atoms with Gasteiger partial charge in [0.15, 0.2) is 5.37 Å². The van der Waals surface area contributed by atoms with Crippen molar-refractivity contribution in [1.29, 1.82) is 0 Å². The topological polar surface area (TPSA) is 101 Å². The average Bonchev–Trinajstić information content (AvgIpc) is 3.27. The summed E-state index contributed by atoms with van der Waals surface area (Å²) in [6.45, 7) is 1.83. The van der Waals surface area contributed by atoms with E-state index in [-0.39, 0.29) is 18.1 Å². The number of carbonyl (C=O) groups is 3. The molecule has 2 aromatic heterocycles. The predicted octanol–water partition coefficient (Wildman–Crippen LogP) is 2.85. The first-order valence-corrected chi connectivity index (χ1v) is 9.47. The highest BCUT2D eigenvalue weighted by atomic mass is 32.2. The monoisotopic (exact) mass is 392 g/mol. The van der Waals surface area contributed by atoms with Crippen molar-refractivity contribution < 1.29 is 19.1 Å². The molecule has 3 amide bonds. The normalized spacial score (nSPS) is 14.9. The molecule has 0 saturated carbocycles. The smallest absolute Gasteiger partial charge is 0.416 e. The molecule has 136 valence electrons. The van der Waals surface area contributed by atoms with Gasteiger partial charge in [0, 0.05) is 18.1 Å². The minimum absolute atomic E-state index is 0.170. The van der Waals surface area contributed by atoms with E-state index < -0.39 is 17.4 Å². The quantitative estimate of drug-likeness (QED) is 0.825. The van der Waals surface area contributed by atoms with Crippen LogP contribution in [0, 0.1) is 0 Å². The number of nitrogens with one attached hydrogen (secondary N) is 2. The molecule has 2 aromatic rings. The maximum Gasteiger partial charge on any atom is 0.416 e. The van der Waals surface area contributed by atoms with Crippen molar-refractivity contribution in [2.45, 2.75) is 17.2 Å². The van der Waals surface area contributed by atoms with Crippen molar-refractivity contribution in [3.8, 4) is 0 Å². The van der Waals surface area contributed by atoms with Crippen molar-refractivity contribution in [3.05, 3.63) is 35.5 Å². The van der Waals surface area contributed by atoms with Crippen LogP contribution in [0.25, 0.3) is 0 Å². The first kappa shape index (κ1) is 18.2. The zero-order valence-corrected chi connectivity index (χ0v) is 15.6. The lowest BCUT2D eigenvalue weighted by molar-refractivity contribution is -0.115. The number of ether oxygens (including phenoxy) is 1. The van der Waals surface area contributed by atoms with Gasteiger partial charge in [-0.15, -0.1) is 11.3 Å². The molecule has 1 aliphatic heterocycles. The number of aromatic nitrogens is 1. The molecule has 1 atom stereocenters. The molecule has 0 spiro atoms. The van der Waals surface area contributed by atoms with E-state index >= 15 is 0 Å². The van der Waals surface area contributed by atoms with Gasteiger partial charge in [-0.25, -0.2) is 9.69 Å². The zero-order chi connectivity index (χ0) is 18.7. The fourth-order valence-electron chi connectivity index (χ4n) is 2.25. The molecule has 1 aliphatic rings. The van der Waals surface area contributed by atoms with Gasteiger partial charge in [-0.2, -0.15) is 0 Å². The number of thioether (sulfide) groups is 1. The van der Waals surface area contributed by atoms with Gasteiger partial charge in [-0.1, -0.05) is 11.8 Å². The van der Waals surface area contributed by atoms with E-state index in [0.29, 0.717) is 5.00 Å². The fraction of sp³-hybridized carbons (Fsp3) is 0.250. The van der Waals surface area contributed by atoms with Gasteiger partial charge < -0.3 is 15.4 Å². The Morgan fingerprint density at radius 2 is 2.19 bits per heavy atom. The second-order valence-corrected chi connectivity index (χ2v) is 7.29. The van der Waals surface area contributed by atoms with Crippen LogP contribution in [0.3, 0.4) is 0 Å². The third-order valence-electron chi connectivity index (χ3n) is 3.53. The molecule has 26 heavy (non-hydrogen) atoms. The van der Waals surface area contributed by atoms with Crippen LogP contribution < -0.4 is 10.6 Å². The fourth-order valence-corrected chi connectivity index (χ4v) is 4.01. The molecule has 1 unspecified atom stereocenters. The zero-order valence-electron chi connectivity index (χ0n) is 14.0. The minimum Gasteiger partial charge on any atom is -0.449 e. The highest BCUT2D eigenvalue weighted by Crippen LogP contribution is 2.38. The number of pyridine rings is 1. The van der Waals surface area contributed by atoms with Gasteiger partial charge in [-0.05, 0) is 24.4 Å². The maximum absolute atomic E-state index is 12.5. The van der Waals surface area contributed by atoms with Crippen molar-refractivity contribution >= 4 is 51.7 Å². The Labute approximate surface area is 157 Å². The van der Waals surface area contributed by atoms with E-state index in [2.05, 4.69) is 15.6 Å². The second kappa shape index (κ2) is 7.75. The van der Waals surface area contributed by atoms with Crippen LogP contribution in [0.1, 0.15) is 17.3 Å². The molecule has 3 heterocycles. The summed E-state index contributed by atoms with van der Waals surface area (Å²) in [5.74, 6) is -0.832. The number of hydrogen-bond donors (Lipinski definition) is 2. The standard InChI is InChI=1S/C16H16N4O4S2/c1-3-24-16(23)20(2)15(22)9-5-7-25-13(9)19-12(21)14-18-10-8-17-6-4-11(10)26-14/h4-8,14,18H,3H2,1-2H3,(H,19,21). The number of rotatable bonds is 4. The van der Waals surface area contributed by atoms with Crippen molar-refractivity contribution in [1.82, 2.24) is 9.88 Å². The molecule has 2 N–H and O–H groups in total. The molecule has 0 aliphatic carbocycles. The van der Waals surface area contributed by atoms with Crippen LogP contribution in [0.4, 0.5) is 15.5 Å². The largest absolute Gasteiger partial charge is 0.449 e. The first-order chi connectivity index (χ1) is 12.5. The van der Waals surface area contributed by atoms with E-state index in [9.17, 15) is 14.4 Å². The number of anilines is 2. The highest BCUT2D eigenvalue weighted by Gasteiger charge is 2.30. The van der Waals surface area contributed by atoms with Gasteiger partial charge in [0.1, 0.15) is 5.00 Å². The number of nitrogens with zero attached hydrogens (tertiary/aromatic N) is 2. The lowest BCUT2D eigenvalue weighted by atomic mass is 10.3.